The lowest BCUT2D eigenvalue weighted by molar-refractivity contribution is -0.152. The molecule has 133 heavy (non-hydrogen) atoms. The quantitative estimate of drug-likeness (QED) is 0.0209. The minimum Gasteiger partial charge on any atom is -0.459 e. The highest BCUT2D eigenvalue weighted by Crippen LogP contribution is 2.45. The van der Waals surface area contributed by atoms with Crippen molar-refractivity contribution in [1.29, 1.82) is 0 Å². The van der Waals surface area contributed by atoms with Gasteiger partial charge in [-0.25, -0.2) is 9.18 Å². The molecule has 0 aliphatic heterocycles. The van der Waals surface area contributed by atoms with Crippen molar-refractivity contribution in [3.8, 4) is 0 Å². The van der Waals surface area contributed by atoms with E-state index < -0.39 is 47.3 Å². The van der Waals surface area contributed by atoms with E-state index in [9.17, 15) is 66.7 Å². The highest BCUT2D eigenvalue weighted by atomic mass is 35.5. The minimum atomic E-state index is -0.964. The zero-order valence-electron chi connectivity index (χ0n) is 76.2. The van der Waals surface area contributed by atoms with Gasteiger partial charge in [0.15, 0.2) is 0 Å². The van der Waals surface area contributed by atoms with Gasteiger partial charge in [-0.1, -0.05) is 114 Å². The van der Waals surface area contributed by atoms with Crippen LogP contribution in [0.1, 0.15) is 322 Å². The predicted molar refractivity (Wildman–Crippen MR) is 530 cm³/mol. The number of fused-ring (bicyclic) bond motifs is 6. The van der Waals surface area contributed by atoms with E-state index in [-0.39, 0.29) is 65.6 Å². The molecule has 2 unspecified atom stereocenters. The number of esters is 1. The summed E-state index contributed by atoms with van der Waals surface area (Å²) in [6, 6.07) is 22.2. The van der Waals surface area contributed by atoms with E-state index in [1.54, 1.807) is 54.7 Å². The highest BCUT2D eigenvalue weighted by molar-refractivity contribution is 7.19. The molecular formula is C99H120ClFN12O14S6. The molecule has 0 radical (unpaired) electrons. The maximum absolute atomic E-state index is 12.9. The first kappa shape index (κ1) is 103. The van der Waals surface area contributed by atoms with Gasteiger partial charge in [0.25, 0.3) is 41.4 Å². The molecule has 7 aliphatic rings. The molecule has 6 heterocycles. The Morgan fingerprint density at radius 1 is 0.429 bits per heavy atom. The van der Waals surface area contributed by atoms with Gasteiger partial charge in [-0.05, 0) is 273 Å². The number of rotatable bonds is 23. The number of primary amides is 6. The van der Waals surface area contributed by atoms with Crippen molar-refractivity contribution in [2.24, 2.45) is 51.7 Å². The Morgan fingerprint density at radius 3 is 1.16 bits per heavy atom. The molecule has 12 amide bonds. The maximum atomic E-state index is 12.9. The topological polar surface area (TPSA) is 459 Å². The maximum Gasteiger partial charge on any atom is 0.397 e. The molecule has 0 bridgehead atoms. The minimum absolute atomic E-state index is 0.0251. The fraction of sp³-hybridized carbons (Fsp3) is 0.444. The van der Waals surface area contributed by atoms with Crippen LogP contribution in [0.3, 0.4) is 0 Å². The van der Waals surface area contributed by atoms with E-state index in [2.05, 4.69) is 64.3 Å². The number of carbonyl (C=O) groups is 13. The van der Waals surface area contributed by atoms with Crippen LogP contribution in [0, 0.1) is 23.1 Å². The number of benzene rings is 3. The fourth-order valence-electron chi connectivity index (χ4n) is 18.2. The zero-order valence-corrected chi connectivity index (χ0v) is 81.8. The molecule has 6 aromatic heterocycles. The lowest BCUT2D eigenvalue weighted by Crippen LogP contribution is -2.26. The Hall–Kier alpha value is -10.8. The van der Waals surface area contributed by atoms with Crippen LogP contribution in [-0.4, -0.2) is 83.5 Å². The second kappa shape index (κ2) is 48.4. The number of thiophene rings is 6. The van der Waals surface area contributed by atoms with E-state index in [0.717, 1.165) is 240 Å². The second-order valence-corrected chi connectivity index (χ2v) is 42.5. The lowest BCUT2D eigenvalue weighted by Gasteiger charge is -2.22. The van der Waals surface area contributed by atoms with Crippen molar-refractivity contribution in [2.75, 3.05) is 38.5 Å². The summed E-state index contributed by atoms with van der Waals surface area (Å²) in [6.07, 6.45) is 31.5. The van der Waals surface area contributed by atoms with Crippen molar-refractivity contribution in [3.63, 3.8) is 0 Å². The number of nitrogens with two attached hydrogens (primary N) is 6. The number of hydrogen-bond acceptors (Lipinski definition) is 20. The van der Waals surface area contributed by atoms with Crippen molar-refractivity contribution in [2.45, 2.75) is 259 Å². The van der Waals surface area contributed by atoms with Gasteiger partial charge in [0.1, 0.15) is 35.8 Å². The summed E-state index contributed by atoms with van der Waals surface area (Å²) < 4.78 is 17.5. The summed E-state index contributed by atoms with van der Waals surface area (Å²) in [6.45, 7) is 12.4. The largest absolute Gasteiger partial charge is 0.459 e. The Balaban J connectivity index is 0.000000154. The number of halogens is 2. The van der Waals surface area contributed by atoms with Gasteiger partial charge in [0, 0.05) is 52.2 Å². The number of aryl methyl sites for hydroxylation is 6. The molecule has 34 heteroatoms. The molecule has 1 fully saturated rings. The standard InChI is InChI=1S/C19H22N2O2S.C18H28N2O2S.C17H17FN2O2S.C16H15ClN2O2S.C16H22N2O2S.C13H16N2O4S/c1-2-13(12-8-4-3-5-9-12)18(23)21-19-16(17(20)22)14-10-6-7-11-15(14)24-19;1-11(10-18(2,3)4)9-14(21)20-17-15(16(19)22)12-7-5-6-8-13(12)23-17;18-11-7-5-10(6-8-11)9-14(21)20-17-15(16(19)22)12-3-1-2-4-13(12)23-17;17-10-5-3-4-9(8-10)15(21)19-16-13(14(18)20)11-6-1-2-7-12(11)22-16;17-14(19)13-11-8-4-5-9-12(11)21-16(13)18-15(20)10-6-2-1-3-7-10;1-2-19-13(18)11(17)15-12-9(10(14)16)7-5-3-4-6-8(7)20-12/h3-5,8-9,13H,2,6-7,10-11H2,1H3,(H2,20,22)(H,21,23);11H,5-10H2,1-4H3,(H2,19,22)(H,20,21);5-8H,1-4,9H2,(H2,19,22)(H,20,21);3-5,8H,1-2,6-7H2,(H2,18,20)(H,19,21);10H,1-9H2,(H2,17,19)(H,18,20);2-6H2,1H3,(H2,14,16)(H,15,17). The SMILES string of the molecule is CC(CC(=O)Nc1sc2c(c1C(N)=O)CCCC2)CC(C)(C)C.CCC(C(=O)Nc1sc2c(c1C(N)=O)CCCC2)c1ccccc1.CCOC(=O)C(=O)Nc1sc2c(c1C(N)=O)CCCC2.NC(=O)c1c(NC(=O)C2CCCCC2)sc2c1CCCC2.NC(=O)c1c(NC(=O)Cc2ccc(F)cc2)sc2c1CCCC2.NC(=O)c1c(NC(=O)c2cccc(Cl)c2)sc2c1CCCC2. The second-order valence-electron chi connectivity index (χ2n) is 35.5. The van der Waals surface area contributed by atoms with Crippen LogP contribution in [0.4, 0.5) is 34.4 Å². The lowest BCUT2D eigenvalue weighted by atomic mass is 9.84. The molecule has 18 N–H and O–H groups in total. The van der Waals surface area contributed by atoms with Gasteiger partial charge in [-0.2, -0.15) is 0 Å². The predicted octanol–water partition coefficient (Wildman–Crippen LogP) is 19.1. The van der Waals surface area contributed by atoms with E-state index in [4.69, 9.17) is 46.0 Å². The van der Waals surface area contributed by atoms with Gasteiger partial charge in [-0.15, -0.1) is 68.0 Å². The Bertz CT molecular complexity index is 5780. The van der Waals surface area contributed by atoms with Crippen LogP contribution in [-0.2, 0) is 117 Å². The average Bonchev–Trinajstić information content (AvgIpc) is 1.68. The van der Waals surface area contributed by atoms with E-state index >= 15 is 0 Å². The van der Waals surface area contributed by atoms with Gasteiger partial charge in [-0.3, -0.25) is 57.5 Å². The number of anilines is 6. The Labute approximate surface area is 804 Å². The molecule has 26 nitrogen and oxygen atoms in total. The third kappa shape index (κ3) is 27.7. The van der Waals surface area contributed by atoms with Crippen molar-refractivity contribution in [1.82, 2.24) is 0 Å². The van der Waals surface area contributed by atoms with Crippen LogP contribution in [0.2, 0.25) is 5.02 Å². The van der Waals surface area contributed by atoms with Crippen LogP contribution in [0.5, 0.6) is 0 Å². The molecule has 7 aliphatic carbocycles. The van der Waals surface area contributed by atoms with Gasteiger partial charge < -0.3 is 71.0 Å². The number of amides is 12. The molecule has 0 saturated heterocycles. The molecule has 0 spiro atoms. The Morgan fingerprint density at radius 2 is 0.789 bits per heavy atom. The van der Waals surface area contributed by atoms with Crippen LogP contribution >= 0.6 is 79.6 Å². The number of nitrogens with one attached hydrogen (secondary N) is 6. The first-order valence-corrected chi connectivity index (χ1v) is 51.1. The van der Waals surface area contributed by atoms with Crippen molar-refractivity contribution < 1.29 is 71.5 Å². The monoisotopic (exact) mass is 1950 g/mol. The van der Waals surface area contributed by atoms with E-state index in [0.29, 0.717) is 98.3 Å². The molecular weight excluding hydrogens is 1830 g/mol. The fourth-order valence-corrected chi connectivity index (χ4v) is 26.2. The summed E-state index contributed by atoms with van der Waals surface area (Å²) in [4.78, 5) is 163. The smallest absolute Gasteiger partial charge is 0.397 e. The summed E-state index contributed by atoms with van der Waals surface area (Å²) in [7, 11) is 0. The summed E-state index contributed by atoms with van der Waals surface area (Å²) in [5.74, 6) is -5.42. The van der Waals surface area contributed by atoms with Crippen molar-refractivity contribution >= 4 is 186 Å². The number of ether oxygens (including phenoxy) is 1. The molecule has 3 aromatic carbocycles. The third-order valence-corrected chi connectivity index (χ3v) is 31.6. The van der Waals surface area contributed by atoms with Crippen LogP contribution < -0.4 is 66.3 Å². The average molecular weight is 1950 g/mol. The summed E-state index contributed by atoms with van der Waals surface area (Å²) in [5.41, 5.74) is 44.5. The molecule has 710 valence electrons. The van der Waals surface area contributed by atoms with Crippen LogP contribution in [0.25, 0.3) is 0 Å². The van der Waals surface area contributed by atoms with Crippen LogP contribution in [0.15, 0.2) is 78.9 Å². The van der Waals surface area contributed by atoms with Gasteiger partial charge >= 0.3 is 11.9 Å². The molecule has 9 aromatic rings. The molecule has 1 saturated carbocycles. The van der Waals surface area contributed by atoms with E-state index in [1.165, 1.54) is 89.9 Å². The summed E-state index contributed by atoms with van der Waals surface area (Å²) in [5, 5.41) is 20.8. The summed E-state index contributed by atoms with van der Waals surface area (Å²) >= 11 is 14.7. The number of hydrogen-bond donors (Lipinski definition) is 12. The highest BCUT2D eigenvalue weighted by Gasteiger charge is 2.35. The number of carbonyl (C=O) groups excluding carboxylic acids is 13. The van der Waals surface area contributed by atoms with E-state index in [1.807, 2.05) is 37.3 Å². The van der Waals surface area contributed by atoms with Gasteiger partial charge in [0.05, 0.1) is 52.3 Å². The Kier molecular flexibility index (Phi) is 37.4. The normalized spacial score (nSPS) is 15.0. The van der Waals surface area contributed by atoms with Gasteiger partial charge in [0.2, 0.25) is 23.6 Å². The van der Waals surface area contributed by atoms with Crippen molar-refractivity contribution in [3.05, 3.63) is 202 Å². The zero-order chi connectivity index (χ0) is 95.9. The molecule has 16 rings (SSSR count). The molecule has 2 atom stereocenters. The first-order chi connectivity index (χ1) is 63.6. The third-order valence-electron chi connectivity index (χ3n) is 24.2. The first-order valence-electron chi connectivity index (χ1n) is 45.8.